The van der Waals surface area contributed by atoms with Crippen molar-refractivity contribution < 1.29 is 0 Å². The molecule has 9 aromatic carbocycles. The molecule has 11 aromatic rings. The SMILES string of the molecule is c1ccc(-c2cc(-c3ccccc3)cc(-c3cccc(-c4ccc(-c5cccc(-c6nc(-c7ccccc7)c7c8ccccc8n(-c8ccccc8)c7n6)c5)cc4)c3)c2)cc1. The Balaban J connectivity index is 0.963. The molecule has 61 heavy (non-hydrogen) atoms. The first-order chi connectivity index (χ1) is 30.2. The molecule has 0 aliphatic rings. The van der Waals surface area contributed by atoms with Gasteiger partial charge in [0.15, 0.2) is 5.82 Å². The number of fused-ring (bicyclic) bond motifs is 3. The monoisotopic (exact) mass is 777 g/mol. The summed E-state index contributed by atoms with van der Waals surface area (Å²) in [6.07, 6.45) is 0. The van der Waals surface area contributed by atoms with Crippen LogP contribution >= 0.6 is 0 Å². The lowest BCUT2D eigenvalue weighted by Gasteiger charge is -2.13. The fourth-order valence-electron chi connectivity index (χ4n) is 8.59. The van der Waals surface area contributed by atoms with Crippen LogP contribution in [0, 0.1) is 0 Å². The Morgan fingerprint density at radius 2 is 0.672 bits per heavy atom. The fourth-order valence-corrected chi connectivity index (χ4v) is 8.59. The van der Waals surface area contributed by atoms with Crippen molar-refractivity contribution in [3.8, 4) is 84.0 Å². The first-order valence-corrected chi connectivity index (χ1v) is 20.7. The predicted molar refractivity (Wildman–Crippen MR) is 254 cm³/mol. The Morgan fingerprint density at radius 1 is 0.279 bits per heavy atom. The molecule has 0 amide bonds. The van der Waals surface area contributed by atoms with Gasteiger partial charge in [-0.3, -0.25) is 4.57 Å². The van der Waals surface area contributed by atoms with Gasteiger partial charge in [0, 0.05) is 22.2 Å². The summed E-state index contributed by atoms with van der Waals surface area (Å²) in [4.78, 5) is 10.7. The third-order valence-electron chi connectivity index (χ3n) is 11.6. The molecule has 0 saturated carbocycles. The zero-order valence-electron chi connectivity index (χ0n) is 33.4. The number of hydrogen-bond donors (Lipinski definition) is 0. The molecule has 0 unspecified atom stereocenters. The molecule has 286 valence electrons. The topological polar surface area (TPSA) is 30.7 Å². The third kappa shape index (κ3) is 6.88. The number of benzene rings is 9. The summed E-state index contributed by atoms with van der Waals surface area (Å²) < 4.78 is 2.27. The standard InChI is InChI=1S/C58H39N3/c1-5-17-40(18-6-1)49-37-50(41-19-7-2-8-20-41)39-51(38-49)47-25-15-23-45(35-47)42-31-33-43(34-32-42)46-24-16-26-48(36-46)57-59-56(44-21-9-3-10-22-44)55-53-29-13-14-30-54(53)61(58(55)60-57)52-27-11-4-12-28-52/h1-39H. The molecule has 0 atom stereocenters. The van der Waals surface area contributed by atoms with Gasteiger partial charge in [-0.05, 0) is 104 Å². The summed E-state index contributed by atoms with van der Waals surface area (Å²) in [5.41, 5.74) is 17.8. The van der Waals surface area contributed by atoms with Crippen LogP contribution < -0.4 is 0 Å². The second-order valence-corrected chi connectivity index (χ2v) is 15.4. The molecule has 0 saturated heterocycles. The molecule has 0 radical (unpaired) electrons. The van der Waals surface area contributed by atoms with Gasteiger partial charge in [0.1, 0.15) is 5.65 Å². The maximum Gasteiger partial charge on any atom is 0.162 e. The molecule has 3 nitrogen and oxygen atoms in total. The van der Waals surface area contributed by atoms with Gasteiger partial charge >= 0.3 is 0 Å². The van der Waals surface area contributed by atoms with E-state index in [1.165, 1.54) is 44.5 Å². The lowest BCUT2D eigenvalue weighted by atomic mass is 9.92. The highest BCUT2D eigenvalue weighted by molar-refractivity contribution is 6.14. The zero-order chi connectivity index (χ0) is 40.5. The molecule has 0 bridgehead atoms. The summed E-state index contributed by atoms with van der Waals surface area (Å²) in [6.45, 7) is 0. The molecule has 2 aromatic heterocycles. The van der Waals surface area contributed by atoms with Crippen LogP contribution in [0.4, 0.5) is 0 Å². The molecule has 0 fully saturated rings. The van der Waals surface area contributed by atoms with Gasteiger partial charge in [-0.2, -0.15) is 0 Å². The first kappa shape index (κ1) is 36.0. The Labute approximate surface area is 355 Å². The van der Waals surface area contributed by atoms with Crippen molar-refractivity contribution in [3.05, 3.63) is 237 Å². The lowest BCUT2D eigenvalue weighted by molar-refractivity contribution is 1.11. The zero-order valence-corrected chi connectivity index (χ0v) is 33.4. The van der Waals surface area contributed by atoms with E-state index >= 15 is 0 Å². The summed E-state index contributed by atoms with van der Waals surface area (Å²) in [6, 6.07) is 84.1. The van der Waals surface area contributed by atoms with Crippen LogP contribution in [0.25, 0.3) is 106 Å². The molecule has 2 heterocycles. The summed E-state index contributed by atoms with van der Waals surface area (Å²) in [7, 11) is 0. The van der Waals surface area contributed by atoms with Crippen molar-refractivity contribution in [1.82, 2.24) is 14.5 Å². The predicted octanol–water partition coefficient (Wildman–Crippen LogP) is 15.2. The van der Waals surface area contributed by atoms with E-state index in [2.05, 4.69) is 235 Å². The van der Waals surface area contributed by atoms with E-state index in [0.717, 1.165) is 55.6 Å². The van der Waals surface area contributed by atoms with E-state index in [1.54, 1.807) is 0 Å². The average molecular weight is 778 g/mol. The van der Waals surface area contributed by atoms with Crippen molar-refractivity contribution in [2.24, 2.45) is 0 Å². The number of para-hydroxylation sites is 2. The molecule has 0 N–H and O–H groups in total. The molecular weight excluding hydrogens is 739 g/mol. The van der Waals surface area contributed by atoms with Crippen LogP contribution in [-0.4, -0.2) is 14.5 Å². The van der Waals surface area contributed by atoms with E-state index in [-0.39, 0.29) is 0 Å². The third-order valence-corrected chi connectivity index (χ3v) is 11.6. The number of hydrogen-bond acceptors (Lipinski definition) is 2. The highest BCUT2D eigenvalue weighted by atomic mass is 15.1. The largest absolute Gasteiger partial charge is 0.294 e. The maximum absolute atomic E-state index is 5.36. The van der Waals surface area contributed by atoms with Gasteiger partial charge in [0.05, 0.1) is 16.6 Å². The van der Waals surface area contributed by atoms with Crippen LogP contribution in [-0.2, 0) is 0 Å². The van der Waals surface area contributed by atoms with Crippen LogP contribution in [0.3, 0.4) is 0 Å². The lowest BCUT2D eigenvalue weighted by Crippen LogP contribution is -1.99. The minimum Gasteiger partial charge on any atom is -0.294 e. The van der Waals surface area contributed by atoms with Crippen molar-refractivity contribution in [1.29, 1.82) is 0 Å². The molecular formula is C58H39N3. The Kier molecular flexibility index (Phi) is 9.18. The number of aromatic nitrogens is 3. The van der Waals surface area contributed by atoms with E-state index in [4.69, 9.17) is 9.97 Å². The molecule has 0 spiro atoms. The fraction of sp³-hybridized carbons (Fsp3) is 0. The van der Waals surface area contributed by atoms with Crippen LogP contribution in [0.15, 0.2) is 237 Å². The normalized spacial score (nSPS) is 11.3. The van der Waals surface area contributed by atoms with Crippen molar-refractivity contribution >= 4 is 21.9 Å². The molecule has 11 rings (SSSR count). The van der Waals surface area contributed by atoms with Crippen molar-refractivity contribution in [2.75, 3.05) is 0 Å². The van der Waals surface area contributed by atoms with Gasteiger partial charge in [-0.25, -0.2) is 9.97 Å². The molecule has 0 aliphatic carbocycles. The Hall–Kier alpha value is -8.14. The van der Waals surface area contributed by atoms with Gasteiger partial charge in [-0.15, -0.1) is 0 Å². The van der Waals surface area contributed by atoms with Crippen LogP contribution in [0.5, 0.6) is 0 Å². The summed E-state index contributed by atoms with van der Waals surface area (Å²) in [5, 5.41) is 2.18. The van der Waals surface area contributed by atoms with E-state index in [1.807, 2.05) is 6.07 Å². The quantitative estimate of drug-likeness (QED) is 0.154. The number of rotatable bonds is 8. The Bertz CT molecular complexity index is 3260. The first-order valence-electron chi connectivity index (χ1n) is 20.7. The summed E-state index contributed by atoms with van der Waals surface area (Å²) in [5.74, 6) is 0.688. The van der Waals surface area contributed by atoms with Gasteiger partial charge in [0.2, 0.25) is 0 Å². The number of nitrogens with zero attached hydrogens (tertiary/aromatic N) is 3. The van der Waals surface area contributed by atoms with Gasteiger partial charge in [0.25, 0.3) is 0 Å². The van der Waals surface area contributed by atoms with Crippen molar-refractivity contribution in [2.45, 2.75) is 0 Å². The average Bonchev–Trinajstić information content (AvgIpc) is 3.69. The second-order valence-electron chi connectivity index (χ2n) is 15.4. The van der Waals surface area contributed by atoms with E-state index in [0.29, 0.717) is 5.82 Å². The van der Waals surface area contributed by atoms with Crippen LogP contribution in [0.2, 0.25) is 0 Å². The maximum atomic E-state index is 5.36. The van der Waals surface area contributed by atoms with Crippen molar-refractivity contribution in [3.63, 3.8) is 0 Å². The second kappa shape index (κ2) is 15.6. The summed E-state index contributed by atoms with van der Waals surface area (Å²) >= 11 is 0. The minimum absolute atomic E-state index is 0.688. The Morgan fingerprint density at radius 3 is 1.25 bits per heavy atom. The molecule has 3 heteroatoms. The van der Waals surface area contributed by atoms with Gasteiger partial charge in [-0.1, -0.05) is 188 Å². The van der Waals surface area contributed by atoms with Gasteiger partial charge < -0.3 is 0 Å². The van der Waals surface area contributed by atoms with E-state index < -0.39 is 0 Å². The molecule has 0 aliphatic heterocycles. The smallest absolute Gasteiger partial charge is 0.162 e. The minimum atomic E-state index is 0.688. The van der Waals surface area contributed by atoms with Crippen LogP contribution in [0.1, 0.15) is 0 Å². The highest BCUT2D eigenvalue weighted by Gasteiger charge is 2.21. The highest BCUT2D eigenvalue weighted by Crippen LogP contribution is 2.39. The van der Waals surface area contributed by atoms with E-state index in [9.17, 15) is 0 Å².